The van der Waals surface area contributed by atoms with E-state index in [0.717, 1.165) is 15.8 Å². The molecule has 2 N–H and O–H groups in total. The molecule has 0 aliphatic heterocycles. The molecule has 2 aromatic heterocycles. The minimum atomic E-state index is -0.269. The summed E-state index contributed by atoms with van der Waals surface area (Å²) in [6.07, 6.45) is 1.59. The fourth-order valence-corrected chi connectivity index (χ4v) is 4.03. The first-order chi connectivity index (χ1) is 12.1. The van der Waals surface area contributed by atoms with E-state index < -0.39 is 0 Å². The molecule has 0 saturated carbocycles. The van der Waals surface area contributed by atoms with Crippen LogP contribution < -0.4 is 10.6 Å². The van der Waals surface area contributed by atoms with Gasteiger partial charge in [0.2, 0.25) is 11.0 Å². The molecule has 6 nitrogen and oxygen atoms in total. The smallest absolute Gasteiger partial charge is 0.233 e. The molecule has 25 heavy (non-hydrogen) atoms. The highest BCUT2D eigenvalue weighted by Crippen LogP contribution is 2.30. The molecule has 0 bridgehead atoms. The Morgan fingerprint density at radius 1 is 1.32 bits per heavy atom. The van der Waals surface area contributed by atoms with Crippen molar-refractivity contribution in [2.24, 2.45) is 0 Å². The van der Waals surface area contributed by atoms with Crippen LogP contribution in [-0.4, -0.2) is 21.4 Å². The molecule has 3 aromatic rings. The number of amides is 1. The topological polar surface area (TPSA) is 80.0 Å². The Hall–Kier alpha value is -2.32. The van der Waals surface area contributed by atoms with E-state index in [2.05, 4.69) is 20.8 Å². The Morgan fingerprint density at radius 3 is 2.96 bits per heavy atom. The zero-order chi connectivity index (χ0) is 17.6. The quantitative estimate of drug-likeness (QED) is 0.609. The molecule has 0 radical (unpaired) electrons. The van der Waals surface area contributed by atoms with Gasteiger partial charge in [-0.3, -0.25) is 4.79 Å². The van der Waals surface area contributed by atoms with Gasteiger partial charge in [-0.25, -0.2) is 0 Å². The van der Waals surface area contributed by atoms with E-state index in [0.29, 0.717) is 11.7 Å². The SMILES string of the molecule is Cc1cccc(Nc2nnc(SC(C)C(=O)NCc3ccco3)s2)c1. The Morgan fingerprint density at radius 2 is 2.20 bits per heavy atom. The maximum atomic E-state index is 12.1. The monoisotopic (exact) mass is 374 g/mol. The average molecular weight is 374 g/mol. The predicted molar refractivity (Wildman–Crippen MR) is 100 cm³/mol. The molecule has 0 spiro atoms. The summed E-state index contributed by atoms with van der Waals surface area (Å²) in [5.41, 5.74) is 2.14. The number of hydrogen-bond acceptors (Lipinski definition) is 7. The predicted octanol–water partition coefficient (Wildman–Crippen LogP) is 3.98. The number of anilines is 2. The first kappa shape index (κ1) is 17.5. The van der Waals surface area contributed by atoms with Gasteiger partial charge < -0.3 is 15.1 Å². The molecule has 2 heterocycles. The molecule has 1 unspecified atom stereocenters. The normalized spacial score (nSPS) is 11.9. The third kappa shape index (κ3) is 5.07. The van der Waals surface area contributed by atoms with E-state index in [9.17, 15) is 4.79 Å². The van der Waals surface area contributed by atoms with Crippen LogP contribution in [0.4, 0.5) is 10.8 Å². The minimum Gasteiger partial charge on any atom is -0.467 e. The number of aryl methyl sites for hydroxylation is 1. The highest BCUT2D eigenvalue weighted by atomic mass is 32.2. The van der Waals surface area contributed by atoms with Crippen LogP contribution in [0.1, 0.15) is 18.2 Å². The maximum Gasteiger partial charge on any atom is 0.233 e. The van der Waals surface area contributed by atoms with Crippen LogP contribution in [0.3, 0.4) is 0 Å². The third-order valence-corrected chi connectivity index (χ3v) is 5.36. The number of thioether (sulfide) groups is 1. The van der Waals surface area contributed by atoms with E-state index in [1.165, 1.54) is 28.7 Å². The average Bonchev–Trinajstić information content (AvgIpc) is 3.24. The second kappa shape index (κ2) is 8.17. The Kier molecular flexibility index (Phi) is 5.72. The van der Waals surface area contributed by atoms with Crippen LogP contribution in [0.15, 0.2) is 51.4 Å². The first-order valence-corrected chi connectivity index (χ1v) is 9.44. The lowest BCUT2D eigenvalue weighted by atomic mass is 10.2. The van der Waals surface area contributed by atoms with E-state index in [1.807, 2.05) is 44.2 Å². The van der Waals surface area contributed by atoms with Crippen molar-refractivity contribution in [1.82, 2.24) is 15.5 Å². The zero-order valence-electron chi connectivity index (χ0n) is 13.9. The van der Waals surface area contributed by atoms with E-state index in [-0.39, 0.29) is 11.2 Å². The Labute approximate surface area is 154 Å². The number of hydrogen-bond donors (Lipinski definition) is 2. The van der Waals surface area contributed by atoms with E-state index >= 15 is 0 Å². The van der Waals surface area contributed by atoms with Crippen LogP contribution in [0.5, 0.6) is 0 Å². The zero-order valence-corrected chi connectivity index (χ0v) is 15.5. The van der Waals surface area contributed by atoms with Gasteiger partial charge in [-0.05, 0) is 43.7 Å². The molecule has 1 amide bonds. The van der Waals surface area contributed by atoms with Crippen LogP contribution in [-0.2, 0) is 11.3 Å². The fourth-order valence-electron chi connectivity index (χ4n) is 2.09. The summed E-state index contributed by atoms with van der Waals surface area (Å²) in [5.74, 6) is 0.663. The molecule has 3 rings (SSSR count). The lowest BCUT2D eigenvalue weighted by Crippen LogP contribution is -2.30. The molecule has 0 aliphatic rings. The van der Waals surface area contributed by atoms with Crippen molar-refractivity contribution in [2.75, 3.05) is 5.32 Å². The van der Waals surface area contributed by atoms with E-state index in [1.54, 1.807) is 12.3 Å². The highest BCUT2D eigenvalue weighted by molar-refractivity contribution is 8.02. The molecule has 1 atom stereocenters. The van der Waals surface area contributed by atoms with Gasteiger partial charge in [0.15, 0.2) is 4.34 Å². The van der Waals surface area contributed by atoms with Gasteiger partial charge in [0, 0.05) is 5.69 Å². The van der Waals surface area contributed by atoms with E-state index in [4.69, 9.17) is 4.42 Å². The van der Waals surface area contributed by atoms with Gasteiger partial charge in [0.25, 0.3) is 0 Å². The van der Waals surface area contributed by atoms with Gasteiger partial charge in [0.05, 0.1) is 18.1 Å². The van der Waals surface area contributed by atoms with Crippen LogP contribution in [0.25, 0.3) is 0 Å². The standard InChI is InChI=1S/C17H18N4O2S2/c1-11-5-3-6-13(9-11)19-16-20-21-17(25-16)24-12(2)15(22)18-10-14-7-4-8-23-14/h3-9,12H,10H2,1-2H3,(H,18,22)(H,19,20). The number of carbonyl (C=O) groups is 1. The molecule has 0 fully saturated rings. The summed E-state index contributed by atoms with van der Waals surface area (Å²) in [4.78, 5) is 12.1. The van der Waals surface area contributed by atoms with Crippen molar-refractivity contribution < 1.29 is 9.21 Å². The summed E-state index contributed by atoms with van der Waals surface area (Å²) < 4.78 is 5.95. The van der Waals surface area contributed by atoms with Crippen LogP contribution in [0.2, 0.25) is 0 Å². The number of benzene rings is 1. The molecule has 0 saturated heterocycles. The minimum absolute atomic E-state index is 0.0650. The second-order valence-electron chi connectivity index (χ2n) is 5.42. The number of nitrogens with one attached hydrogen (secondary N) is 2. The van der Waals surface area contributed by atoms with Crippen LogP contribution in [0, 0.1) is 6.92 Å². The van der Waals surface area contributed by atoms with Crippen molar-refractivity contribution >= 4 is 39.8 Å². The summed E-state index contributed by atoms with van der Waals surface area (Å²) >= 11 is 2.81. The molecule has 8 heteroatoms. The fraction of sp³-hybridized carbons (Fsp3) is 0.235. The summed E-state index contributed by atoms with van der Waals surface area (Å²) in [6.45, 7) is 4.26. The molecular weight excluding hydrogens is 356 g/mol. The largest absolute Gasteiger partial charge is 0.467 e. The van der Waals surface area contributed by atoms with Gasteiger partial charge in [-0.2, -0.15) is 0 Å². The van der Waals surface area contributed by atoms with Gasteiger partial charge >= 0.3 is 0 Å². The van der Waals surface area contributed by atoms with Crippen molar-refractivity contribution in [3.05, 3.63) is 54.0 Å². The number of furan rings is 1. The number of aromatic nitrogens is 2. The van der Waals surface area contributed by atoms with Crippen molar-refractivity contribution in [3.8, 4) is 0 Å². The molecule has 1 aromatic carbocycles. The Balaban J connectivity index is 1.52. The number of rotatable bonds is 7. The lowest BCUT2D eigenvalue weighted by molar-refractivity contribution is -0.120. The van der Waals surface area contributed by atoms with Crippen molar-refractivity contribution in [2.45, 2.75) is 30.0 Å². The highest BCUT2D eigenvalue weighted by Gasteiger charge is 2.17. The maximum absolute atomic E-state index is 12.1. The molecular formula is C17H18N4O2S2. The van der Waals surface area contributed by atoms with Crippen molar-refractivity contribution in [3.63, 3.8) is 0 Å². The first-order valence-electron chi connectivity index (χ1n) is 7.74. The van der Waals surface area contributed by atoms with Gasteiger partial charge in [0.1, 0.15) is 5.76 Å². The van der Waals surface area contributed by atoms with Crippen molar-refractivity contribution in [1.29, 1.82) is 0 Å². The van der Waals surface area contributed by atoms with Gasteiger partial charge in [-0.1, -0.05) is 35.2 Å². The second-order valence-corrected chi connectivity index (χ2v) is 7.99. The number of carbonyl (C=O) groups excluding carboxylic acids is 1. The summed E-state index contributed by atoms with van der Waals surface area (Å²) in [6, 6.07) is 11.7. The number of nitrogens with zero attached hydrogens (tertiary/aromatic N) is 2. The lowest BCUT2D eigenvalue weighted by Gasteiger charge is -2.08. The van der Waals surface area contributed by atoms with Crippen LogP contribution >= 0.6 is 23.1 Å². The van der Waals surface area contributed by atoms with Gasteiger partial charge in [-0.15, -0.1) is 10.2 Å². The molecule has 0 aliphatic carbocycles. The summed E-state index contributed by atoms with van der Waals surface area (Å²) in [7, 11) is 0. The summed E-state index contributed by atoms with van der Waals surface area (Å²) in [5, 5.41) is 14.8. The third-order valence-electron chi connectivity index (χ3n) is 3.34. The Bertz CT molecular complexity index is 833. The molecule has 130 valence electrons.